The van der Waals surface area contributed by atoms with E-state index in [1.807, 2.05) is 13.8 Å². The first-order valence-corrected chi connectivity index (χ1v) is 9.77. The fraction of sp³-hybridized carbons (Fsp3) is 0.950. The minimum absolute atomic E-state index is 0.00326. The van der Waals surface area contributed by atoms with Crippen LogP contribution in [0.15, 0.2) is 0 Å². The Bertz CT molecular complexity index is 603. The molecule has 4 N–H and O–H groups in total. The van der Waals surface area contributed by atoms with Crippen molar-refractivity contribution in [3.8, 4) is 0 Å². The van der Waals surface area contributed by atoms with E-state index in [-0.39, 0.29) is 29.0 Å². The number of carbonyl (C=O) groups is 1. The second-order valence-electron chi connectivity index (χ2n) is 10.2. The molecule has 142 valence electrons. The molecule has 2 bridgehead atoms. The van der Waals surface area contributed by atoms with Gasteiger partial charge in [0.15, 0.2) is 0 Å². The highest BCUT2D eigenvalue weighted by Gasteiger charge is 2.77. The van der Waals surface area contributed by atoms with Crippen LogP contribution in [-0.2, 0) is 4.79 Å². The standard InChI is InChI=1S/C20H32O5/c1-9-10-7-11(21)15-19(4)12(18(2,3)6-5-13(19)22)8-14(23)20(15,16(9)24)17(10)25/h9-15,17,21-23,25H,5-8H2,1-4H3/t9-,10+,11+,12-,13-,14-,15+,17-,19+,20-/m1/s1. The topological polar surface area (TPSA) is 98.0 Å². The molecule has 5 heteroatoms. The average Bonchev–Trinajstić information content (AvgIpc) is 2.65. The van der Waals surface area contributed by atoms with Gasteiger partial charge in [0.1, 0.15) is 5.78 Å². The Kier molecular flexibility index (Phi) is 3.62. The monoisotopic (exact) mass is 352 g/mol. The Hall–Kier alpha value is -0.490. The van der Waals surface area contributed by atoms with Crippen molar-refractivity contribution in [2.45, 2.75) is 77.8 Å². The summed E-state index contributed by atoms with van der Waals surface area (Å²) in [6, 6.07) is 0. The molecular formula is C20H32O5. The minimum atomic E-state index is -1.33. The molecule has 25 heavy (non-hydrogen) atoms. The SMILES string of the molecule is C[C@H]1C(=O)[C@@]23[C@H](O)C[C@@H]4C(C)(C)CC[C@@H](O)[C@@]4(C)[C@@H]2[C@@H](O)C[C@@H]1[C@H]3O. The quantitative estimate of drug-likeness (QED) is 0.524. The van der Waals surface area contributed by atoms with Gasteiger partial charge in [-0.1, -0.05) is 27.7 Å². The van der Waals surface area contributed by atoms with Gasteiger partial charge in [-0.2, -0.15) is 0 Å². The molecule has 0 aromatic rings. The number of hydrogen-bond acceptors (Lipinski definition) is 5. The molecule has 0 aromatic carbocycles. The fourth-order valence-corrected chi connectivity index (χ4v) is 7.75. The highest BCUT2D eigenvalue weighted by atomic mass is 16.3. The van der Waals surface area contributed by atoms with Crippen LogP contribution in [0.4, 0.5) is 0 Å². The van der Waals surface area contributed by atoms with Crippen LogP contribution < -0.4 is 0 Å². The Morgan fingerprint density at radius 1 is 1.00 bits per heavy atom. The number of ketones is 1. The van der Waals surface area contributed by atoms with Gasteiger partial charge in [-0.15, -0.1) is 0 Å². The van der Waals surface area contributed by atoms with E-state index in [0.29, 0.717) is 19.3 Å². The van der Waals surface area contributed by atoms with Crippen LogP contribution in [0.25, 0.3) is 0 Å². The summed E-state index contributed by atoms with van der Waals surface area (Å²) in [6.07, 6.45) is -1.09. The summed E-state index contributed by atoms with van der Waals surface area (Å²) in [5.41, 5.74) is -2.11. The predicted molar refractivity (Wildman–Crippen MR) is 91.5 cm³/mol. The van der Waals surface area contributed by atoms with E-state index in [0.717, 1.165) is 6.42 Å². The summed E-state index contributed by atoms with van der Waals surface area (Å²) in [5, 5.41) is 44.3. The lowest BCUT2D eigenvalue weighted by Crippen LogP contribution is -2.72. The van der Waals surface area contributed by atoms with E-state index in [4.69, 9.17) is 0 Å². The first-order chi connectivity index (χ1) is 11.5. The summed E-state index contributed by atoms with van der Waals surface area (Å²) < 4.78 is 0. The van der Waals surface area contributed by atoms with Gasteiger partial charge in [-0.3, -0.25) is 4.79 Å². The molecule has 0 aliphatic heterocycles. The third-order valence-electron chi connectivity index (χ3n) is 8.95. The van der Waals surface area contributed by atoms with Gasteiger partial charge in [0.2, 0.25) is 0 Å². The van der Waals surface area contributed by atoms with Crippen LogP contribution in [0.2, 0.25) is 0 Å². The van der Waals surface area contributed by atoms with Crippen molar-refractivity contribution in [2.75, 3.05) is 0 Å². The Balaban J connectivity index is 1.94. The van der Waals surface area contributed by atoms with Gasteiger partial charge >= 0.3 is 0 Å². The predicted octanol–water partition coefficient (Wildman–Crippen LogP) is 1.12. The molecule has 1 spiro atoms. The zero-order chi connectivity index (χ0) is 18.5. The van der Waals surface area contributed by atoms with Crippen LogP contribution >= 0.6 is 0 Å². The van der Waals surface area contributed by atoms with E-state index in [2.05, 4.69) is 13.8 Å². The van der Waals surface area contributed by atoms with Gasteiger partial charge in [0.25, 0.3) is 0 Å². The first-order valence-electron chi connectivity index (χ1n) is 9.77. The molecule has 0 unspecified atom stereocenters. The Morgan fingerprint density at radius 2 is 1.64 bits per heavy atom. The molecule has 4 saturated carbocycles. The summed E-state index contributed by atoms with van der Waals surface area (Å²) in [5.74, 6) is -1.39. The van der Waals surface area contributed by atoms with Crippen molar-refractivity contribution in [1.29, 1.82) is 0 Å². The van der Waals surface area contributed by atoms with Crippen LogP contribution in [0.3, 0.4) is 0 Å². The highest BCUT2D eigenvalue weighted by Crippen LogP contribution is 2.71. The molecule has 4 aliphatic carbocycles. The maximum Gasteiger partial charge on any atom is 0.147 e. The van der Waals surface area contributed by atoms with Crippen molar-refractivity contribution in [1.82, 2.24) is 0 Å². The lowest BCUT2D eigenvalue weighted by atomic mass is 9.38. The lowest BCUT2D eigenvalue weighted by molar-refractivity contribution is -0.274. The summed E-state index contributed by atoms with van der Waals surface area (Å²) in [7, 11) is 0. The first kappa shape index (κ1) is 17.9. The molecule has 0 heterocycles. The molecule has 0 radical (unpaired) electrons. The molecule has 4 aliphatic rings. The van der Waals surface area contributed by atoms with Gasteiger partial charge in [0.05, 0.1) is 29.8 Å². The van der Waals surface area contributed by atoms with Crippen LogP contribution in [0.1, 0.15) is 53.4 Å². The fourth-order valence-electron chi connectivity index (χ4n) is 7.75. The van der Waals surface area contributed by atoms with Crippen LogP contribution in [0, 0.1) is 39.9 Å². The molecule has 5 nitrogen and oxygen atoms in total. The number of rotatable bonds is 0. The summed E-state index contributed by atoms with van der Waals surface area (Å²) in [4.78, 5) is 13.3. The van der Waals surface area contributed by atoms with Gasteiger partial charge in [-0.05, 0) is 42.9 Å². The van der Waals surface area contributed by atoms with E-state index in [9.17, 15) is 25.2 Å². The number of hydrogen-bond donors (Lipinski definition) is 4. The van der Waals surface area contributed by atoms with E-state index >= 15 is 0 Å². The second kappa shape index (κ2) is 5.06. The maximum atomic E-state index is 13.3. The molecule has 0 aromatic heterocycles. The normalized spacial score (nSPS) is 60.1. The van der Waals surface area contributed by atoms with Crippen molar-refractivity contribution >= 4 is 5.78 Å². The number of fused-ring (bicyclic) bond motifs is 3. The van der Waals surface area contributed by atoms with E-state index in [1.54, 1.807) is 0 Å². The molecule has 4 rings (SSSR count). The summed E-state index contributed by atoms with van der Waals surface area (Å²) >= 11 is 0. The molecule has 0 saturated heterocycles. The Morgan fingerprint density at radius 3 is 2.28 bits per heavy atom. The minimum Gasteiger partial charge on any atom is -0.393 e. The zero-order valence-corrected chi connectivity index (χ0v) is 15.6. The third kappa shape index (κ3) is 1.81. The van der Waals surface area contributed by atoms with Gasteiger partial charge < -0.3 is 20.4 Å². The van der Waals surface area contributed by atoms with Crippen LogP contribution in [-0.4, -0.2) is 50.6 Å². The van der Waals surface area contributed by atoms with Gasteiger partial charge in [-0.25, -0.2) is 0 Å². The van der Waals surface area contributed by atoms with E-state index in [1.165, 1.54) is 0 Å². The average molecular weight is 352 g/mol. The number of carbonyl (C=O) groups excluding carboxylic acids is 1. The maximum absolute atomic E-state index is 13.3. The third-order valence-corrected chi connectivity index (χ3v) is 8.95. The molecule has 0 amide bonds. The van der Waals surface area contributed by atoms with Crippen molar-refractivity contribution in [3.63, 3.8) is 0 Å². The summed E-state index contributed by atoms with van der Waals surface area (Å²) in [6.45, 7) is 8.09. The zero-order valence-electron chi connectivity index (χ0n) is 15.6. The lowest BCUT2D eigenvalue weighted by Gasteiger charge is -2.67. The number of aliphatic hydroxyl groups is 4. The number of aliphatic hydroxyl groups excluding tert-OH is 4. The number of Topliss-reactive ketones (excluding diaryl/α,β-unsaturated/α-hetero) is 1. The second-order valence-corrected chi connectivity index (χ2v) is 10.2. The van der Waals surface area contributed by atoms with Gasteiger partial charge in [0, 0.05) is 17.3 Å². The molecule has 4 fully saturated rings. The molecular weight excluding hydrogens is 320 g/mol. The Labute approximate surface area is 149 Å². The largest absolute Gasteiger partial charge is 0.393 e. The van der Waals surface area contributed by atoms with Crippen LogP contribution in [0.5, 0.6) is 0 Å². The van der Waals surface area contributed by atoms with E-state index < -0.39 is 41.2 Å². The van der Waals surface area contributed by atoms with Crippen molar-refractivity contribution in [3.05, 3.63) is 0 Å². The highest BCUT2D eigenvalue weighted by molar-refractivity contribution is 5.92. The smallest absolute Gasteiger partial charge is 0.147 e. The van der Waals surface area contributed by atoms with Crippen molar-refractivity contribution < 1.29 is 25.2 Å². The van der Waals surface area contributed by atoms with Crippen molar-refractivity contribution in [2.24, 2.45) is 39.9 Å². The molecule has 10 atom stereocenters.